The highest BCUT2D eigenvalue weighted by Gasteiger charge is 2.16. The van der Waals surface area contributed by atoms with Crippen LogP contribution in [0.1, 0.15) is 18.6 Å². The maximum atomic E-state index is 13.7. The summed E-state index contributed by atoms with van der Waals surface area (Å²) in [6.45, 7) is 3.60. The molecule has 6 heteroatoms. The number of furan rings is 1. The van der Waals surface area contributed by atoms with E-state index in [4.69, 9.17) is 4.42 Å². The van der Waals surface area contributed by atoms with Gasteiger partial charge in [-0.15, -0.1) is 0 Å². The maximum absolute atomic E-state index is 13.7. The van der Waals surface area contributed by atoms with E-state index in [1.807, 2.05) is 0 Å². The van der Waals surface area contributed by atoms with Gasteiger partial charge in [0.1, 0.15) is 23.2 Å². The minimum absolute atomic E-state index is 0.155. The summed E-state index contributed by atoms with van der Waals surface area (Å²) in [7, 11) is 0. The van der Waals surface area contributed by atoms with Crippen LogP contribution < -0.4 is 5.32 Å². The van der Waals surface area contributed by atoms with Gasteiger partial charge in [0.2, 0.25) is 0 Å². The molecule has 0 bridgehead atoms. The smallest absolute Gasteiger partial charge is 0.140 e. The topological polar surface area (TPSA) is 48.6 Å². The highest BCUT2D eigenvalue weighted by atomic mass is 19.1. The van der Waals surface area contributed by atoms with Gasteiger partial charge in [-0.2, -0.15) is 0 Å². The molecular weight excluding hydrogens is 314 g/mol. The molecule has 1 unspecified atom stereocenters. The van der Waals surface area contributed by atoms with Crippen molar-refractivity contribution < 1.29 is 18.3 Å². The summed E-state index contributed by atoms with van der Waals surface area (Å²) in [5.74, 6) is -0.559. The lowest BCUT2D eigenvalue weighted by Gasteiger charge is -2.19. The van der Waals surface area contributed by atoms with Crippen LogP contribution in [-0.4, -0.2) is 42.3 Å². The Morgan fingerprint density at radius 1 is 1.12 bits per heavy atom. The molecule has 2 N–H and O–H groups in total. The standard InChI is InChI=1S/C18H22F2N2O2/c19-15-4-3-5-16(20)18(15)17-7-6-14(24-17)11-21-10-13(23)12-22-8-1-2-9-22/h3-7,13,21,23H,1-2,8-12H2. The lowest BCUT2D eigenvalue weighted by atomic mass is 10.1. The van der Waals surface area contributed by atoms with E-state index in [-0.39, 0.29) is 11.3 Å². The van der Waals surface area contributed by atoms with Crippen LogP contribution in [0.25, 0.3) is 11.3 Å². The first kappa shape index (κ1) is 17.1. The Balaban J connectivity index is 1.51. The van der Waals surface area contributed by atoms with Crippen molar-refractivity contribution in [2.45, 2.75) is 25.5 Å². The van der Waals surface area contributed by atoms with E-state index >= 15 is 0 Å². The number of hydrogen-bond donors (Lipinski definition) is 2. The minimum Gasteiger partial charge on any atom is -0.460 e. The fraction of sp³-hybridized carbons (Fsp3) is 0.444. The molecule has 1 aromatic carbocycles. The molecule has 0 aliphatic carbocycles. The summed E-state index contributed by atoms with van der Waals surface area (Å²) < 4.78 is 33.0. The number of halogens is 2. The van der Waals surface area contributed by atoms with Crippen molar-refractivity contribution in [1.29, 1.82) is 0 Å². The normalized spacial score (nSPS) is 16.6. The average molecular weight is 336 g/mol. The maximum Gasteiger partial charge on any atom is 0.140 e. The molecule has 2 heterocycles. The molecule has 4 nitrogen and oxygen atoms in total. The van der Waals surface area contributed by atoms with Crippen LogP contribution in [0.3, 0.4) is 0 Å². The van der Waals surface area contributed by atoms with Crippen LogP contribution in [0.2, 0.25) is 0 Å². The number of benzene rings is 1. The molecule has 1 aliphatic heterocycles. The number of nitrogens with zero attached hydrogens (tertiary/aromatic N) is 1. The average Bonchev–Trinajstić information content (AvgIpc) is 3.19. The third-order valence-electron chi connectivity index (χ3n) is 4.22. The van der Waals surface area contributed by atoms with E-state index in [0.29, 0.717) is 25.4 Å². The minimum atomic E-state index is -0.648. The first-order chi connectivity index (χ1) is 11.6. The number of nitrogens with one attached hydrogen (secondary N) is 1. The van der Waals surface area contributed by atoms with Crippen LogP contribution in [0.4, 0.5) is 8.78 Å². The zero-order valence-corrected chi connectivity index (χ0v) is 13.5. The Labute approximate surface area is 140 Å². The summed E-state index contributed by atoms with van der Waals surface area (Å²) >= 11 is 0. The van der Waals surface area contributed by atoms with Crippen LogP contribution in [0, 0.1) is 11.6 Å². The van der Waals surface area contributed by atoms with Gasteiger partial charge in [0.15, 0.2) is 0 Å². The molecule has 130 valence electrons. The van der Waals surface area contributed by atoms with Crippen molar-refractivity contribution in [2.24, 2.45) is 0 Å². The number of likely N-dealkylation sites (tertiary alicyclic amines) is 1. The third-order valence-corrected chi connectivity index (χ3v) is 4.22. The van der Waals surface area contributed by atoms with Gasteiger partial charge in [-0.3, -0.25) is 0 Å². The number of hydrogen-bond acceptors (Lipinski definition) is 4. The molecule has 0 amide bonds. The van der Waals surface area contributed by atoms with Crippen LogP contribution in [0.5, 0.6) is 0 Å². The van der Waals surface area contributed by atoms with Crippen LogP contribution in [0.15, 0.2) is 34.7 Å². The fourth-order valence-electron chi connectivity index (χ4n) is 3.03. The van der Waals surface area contributed by atoms with Gasteiger partial charge in [-0.25, -0.2) is 8.78 Å². The van der Waals surface area contributed by atoms with Gasteiger partial charge >= 0.3 is 0 Å². The predicted molar refractivity (Wildman–Crippen MR) is 87.4 cm³/mol. The van der Waals surface area contributed by atoms with Gasteiger partial charge in [0.05, 0.1) is 18.2 Å². The lowest BCUT2D eigenvalue weighted by molar-refractivity contribution is 0.123. The van der Waals surface area contributed by atoms with E-state index in [1.165, 1.54) is 31.0 Å². The van der Waals surface area contributed by atoms with Crippen molar-refractivity contribution in [3.8, 4) is 11.3 Å². The highest BCUT2D eigenvalue weighted by molar-refractivity contribution is 5.59. The zero-order valence-electron chi connectivity index (χ0n) is 13.5. The van der Waals surface area contributed by atoms with Gasteiger partial charge in [-0.1, -0.05) is 6.07 Å². The summed E-state index contributed by atoms with van der Waals surface area (Å²) in [4.78, 5) is 2.25. The quantitative estimate of drug-likeness (QED) is 0.816. The summed E-state index contributed by atoms with van der Waals surface area (Å²) in [5.41, 5.74) is -0.155. The molecule has 1 saturated heterocycles. The predicted octanol–water partition coefficient (Wildman–Crippen LogP) is 2.77. The van der Waals surface area contributed by atoms with E-state index < -0.39 is 17.7 Å². The molecule has 1 fully saturated rings. The molecule has 3 rings (SSSR count). The van der Waals surface area contributed by atoms with Crippen molar-refractivity contribution in [2.75, 3.05) is 26.2 Å². The summed E-state index contributed by atoms with van der Waals surface area (Å²) in [6.07, 6.45) is 1.95. The largest absolute Gasteiger partial charge is 0.460 e. The second kappa shape index (κ2) is 7.88. The second-order valence-corrected chi connectivity index (χ2v) is 6.16. The fourth-order valence-corrected chi connectivity index (χ4v) is 3.03. The first-order valence-electron chi connectivity index (χ1n) is 8.27. The third kappa shape index (κ3) is 4.20. The van der Waals surface area contributed by atoms with Crippen molar-refractivity contribution >= 4 is 0 Å². The molecule has 2 aromatic rings. The van der Waals surface area contributed by atoms with E-state index in [2.05, 4.69) is 10.2 Å². The van der Waals surface area contributed by atoms with Crippen LogP contribution >= 0.6 is 0 Å². The van der Waals surface area contributed by atoms with Gasteiger partial charge < -0.3 is 19.7 Å². The molecule has 1 aliphatic rings. The molecule has 0 radical (unpaired) electrons. The second-order valence-electron chi connectivity index (χ2n) is 6.16. The highest BCUT2D eigenvalue weighted by Crippen LogP contribution is 2.27. The van der Waals surface area contributed by atoms with Gasteiger partial charge in [-0.05, 0) is 50.2 Å². The first-order valence-corrected chi connectivity index (χ1v) is 8.27. The number of β-amino-alcohol motifs (C(OH)–C–C–N with tert-alkyl or cyclic N) is 1. The van der Waals surface area contributed by atoms with Crippen molar-refractivity contribution in [1.82, 2.24) is 10.2 Å². The molecule has 24 heavy (non-hydrogen) atoms. The zero-order chi connectivity index (χ0) is 16.9. The van der Waals surface area contributed by atoms with Crippen molar-refractivity contribution in [3.63, 3.8) is 0 Å². The van der Waals surface area contributed by atoms with E-state index in [0.717, 1.165) is 13.1 Å². The summed E-state index contributed by atoms with van der Waals surface area (Å²) in [6, 6.07) is 6.96. The molecular formula is C18H22F2N2O2. The Hall–Kier alpha value is -1.76. The Kier molecular flexibility index (Phi) is 5.60. The number of rotatable bonds is 7. The summed E-state index contributed by atoms with van der Waals surface area (Å²) in [5, 5.41) is 13.1. The lowest BCUT2D eigenvalue weighted by Crippen LogP contribution is -2.36. The SMILES string of the molecule is OC(CNCc1ccc(-c2c(F)cccc2F)o1)CN1CCCC1. The van der Waals surface area contributed by atoms with Gasteiger partial charge in [0.25, 0.3) is 0 Å². The molecule has 0 saturated carbocycles. The van der Waals surface area contributed by atoms with Crippen molar-refractivity contribution in [3.05, 3.63) is 47.7 Å². The Bertz CT molecular complexity index is 649. The molecule has 1 aromatic heterocycles. The Morgan fingerprint density at radius 3 is 2.54 bits per heavy atom. The molecule has 0 spiro atoms. The number of aliphatic hydroxyl groups excluding tert-OH is 1. The number of aliphatic hydroxyl groups is 1. The van der Waals surface area contributed by atoms with Gasteiger partial charge in [0, 0.05) is 13.1 Å². The van der Waals surface area contributed by atoms with Crippen LogP contribution in [-0.2, 0) is 6.54 Å². The molecule has 1 atom stereocenters. The van der Waals surface area contributed by atoms with E-state index in [9.17, 15) is 13.9 Å². The monoisotopic (exact) mass is 336 g/mol. The Morgan fingerprint density at radius 2 is 1.83 bits per heavy atom. The van der Waals surface area contributed by atoms with E-state index in [1.54, 1.807) is 12.1 Å².